The van der Waals surface area contributed by atoms with Crippen LogP contribution in [-0.2, 0) is 9.59 Å². The van der Waals surface area contributed by atoms with Crippen LogP contribution < -0.4 is 16.0 Å². The number of nitrogens with one attached hydrogen (secondary N) is 3. The van der Waals surface area contributed by atoms with Gasteiger partial charge in [0.25, 0.3) is 11.8 Å². The van der Waals surface area contributed by atoms with Gasteiger partial charge in [-0.15, -0.1) is 11.8 Å². The first-order valence-corrected chi connectivity index (χ1v) is 13.9. The van der Waals surface area contributed by atoms with Crippen molar-refractivity contribution in [2.75, 3.05) is 10.6 Å². The molecule has 0 aliphatic rings. The lowest BCUT2D eigenvalue weighted by atomic mass is 10.1. The Kier molecular flexibility index (Phi) is 9.95. The quantitative estimate of drug-likeness (QED) is 0.141. The number of amides is 3. The Morgan fingerprint density at radius 1 is 0.854 bits per heavy atom. The van der Waals surface area contributed by atoms with Gasteiger partial charge in [0, 0.05) is 21.8 Å². The number of aryl methyl sites for hydroxylation is 1. The Balaban J connectivity index is 1.48. The molecule has 6 nitrogen and oxygen atoms in total. The molecule has 0 aliphatic carbocycles. The maximum atomic E-state index is 13.4. The summed E-state index contributed by atoms with van der Waals surface area (Å²) in [5, 5.41) is 7.72. The summed E-state index contributed by atoms with van der Waals surface area (Å²) in [5.74, 6) is -1.77. The molecular formula is C32H27ClFN3O3S. The average Bonchev–Trinajstić information content (AvgIpc) is 2.96. The van der Waals surface area contributed by atoms with Gasteiger partial charge in [0.05, 0.1) is 10.3 Å². The lowest BCUT2D eigenvalue weighted by Crippen LogP contribution is -2.30. The number of halogens is 2. The van der Waals surface area contributed by atoms with Crippen molar-refractivity contribution >= 4 is 58.5 Å². The minimum Gasteiger partial charge on any atom is -0.325 e. The van der Waals surface area contributed by atoms with Crippen molar-refractivity contribution in [2.24, 2.45) is 0 Å². The summed E-state index contributed by atoms with van der Waals surface area (Å²) in [6.07, 6.45) is 1.64. The molecule has 1 unspecified atom stereocenters. The predicted molar refractivity (Wildman–Crippen MR) is 163 cm³/mol. The first kappa shape index (κ1) is 29.6. The van der Waals surface area contributed by atoms with Gasteiger partial charge in [-0.2, -0.15) is 0 Å². The molecule has 41 heavy (non-hydrogen) atoms. The van der Waals surface area contributed by atoms with Crippen LogP contribution in [0.2, 0.25) is 5.02 Å². The fraction of sp³-hybridized carbons (Fsp3) is 0.0938. The van der Waals surface area contributed by atoms with Crippen molar-refractivity contribution in [3.63, 3.8) is 0 Å². The lowest BCUT2D eigenvalue weighted by Gasteiger charge is -2.14. The smallest absolute Gasteiger partial charge is 0.272 e. The second-order valence-electron chi connectivity index (χ2n) is 9.09. The van der Waals surface area contributed by atoms with Gasteiger partial charge < -0.3 is 16.0 Å². The zero-order valence-electron chi connectivity index (χ0n) is 22.3. The van der Waals surface area contributed by atoms with Crippen molar-refractivity contribution in [3.05, 3.63) is 130 Å². The molecule has 3 amide bonds. The first-order chi connectivity index (χ1) is 19.7. The van der Waals surface area contributed by atoms with E-state index in [1.165, 1.54) is 30.0 Å². The van der Waals surface area contributed by atoms with E-state index < -0.39 is 22.9 Å². The molecule has 4 aromatic rings. The van der Waals surface area contributed by atoms with E-state index in [9.17, 15) is 18.8 Å². The number of carbonyl (C=O) groups excluding carboxylic acids is 3. The third-order valence-corrected chi connectivity index (χ3v) is 7.36. The molecule has 0 spiro atoms. The Morgan fingerprint density at radius 3 is 2.29 bits per heavy atom. The second-order valence-corrected chi connectivity index (χ2v) is 10.9. The highest BCUT2D eigenvalue weighted by Crippen LogP contribution is 2.27. The van der Waals surface area contributed by atoms with E-state index in [4.69, 9.17) is 11.6 Å². The summed E-state index contributed by atoms with van der Waals surface area (Å²) in [6.45, 7) is 3.65. The molecule has 9 heteroatoms. The van der Waals surface area contributed by atoms with Crippen LogP contribution in [0, 0.1) is 12.7 Å². The molecule has 3 N–H and O–H groups in total. The lowest BCUT2D eigenvalue weighted by molar-refractivity contribution is -0.115. The molecule has 4 rings (SSSR count). The van der Waals surface area contributed by atoms with Crippen LogP contribution >= 0.6 is 23.4 Å². The highest BCUT2D eigenvalue weighted by molar-refractivity contribution is 8.00. The van der Waals surface area contributed by atoms with Gasteiger partial charge in [-0.1, -0.05) is 60.1 Å². The van der Waals surface area contributed by atoms with Crippen LogP contribution in [0.15, 0.2) is 108 Å². The van der Waals surface area contributed by atoms with E-state index in [0.717, 1.165) is 16.0 Å². The standard InChI is InChI=1S/C32H27ClFN3O3S/c1-20-9-6-7-12-23(20)17-29(37-31(39)22-10-4-3-5-11-22)32(40)36-24-13-8-14-26(18-24)41-21(2)30(38)35-25-15-16-28(34)27(33)19-25/h3-19,21H,1-2H3,(H,35,38)(H,36,40)(H,37,39)/b29-17-. The van der Waals surface area contributed by atoms with Crippen LogP contribution in [-0.4, -0.2) is 23.0 Å². The van der Waals surface area contributed by atoms with Gasteiger partial charge in [-0.3, -0.25) is 14.4 Å². The molecular weight excluding hydrogens is 561 g/mol. The Labute approximate surface area is 247 Å². The maximum absolute atomic E-state index is 13.4. The second kappa shape index (κ2) is 13.8. The summed E-state index contributed by atoms with van der Waals surface area (Å²) >= 11 is 7.09. The summed E-state index contributed by atoms with van der Waals surface area (Å²) in [6, 6.07) is 27.2. The Morgan fingerprint density at radius 2 is 1.56 bits per heavy atom. The number of thioether (sulfide) groups is 1. The normalized spacial score (nSPS) is 11.9. The maximum Gasteiger partial charge on any atom is 0.272 e. The Hall–Kier alpha value is -4.40. The van der Waals surface area contributed by atoms with E-state index in [-0.39, 0.29) is 16.6 Å². The number of rotatable bonds is 9. The molecule has 0 saturated carbocycles. The van der Waals surface area contributed by atoms with Gasteiger partial charge >= 0.3 is 0 Å². The zero-order chi connectivity index (χ0) is 29.4. The van der Waals surface area contributed by atoms with E-state index in [0.29, 0.717) is 16.9 Å². The highest BCUT2D eigenvalue weighted by atomic mass is 35.5. The van der Waals surface area contributed by atoms with Crippen LogP contribution in [0.3, 0.4) is 0 Å². The largest absolute Gasteiger partial charge is 0.325 e. The molecule has 0 heterocycles. The Bertz CT molecular complexity index is 1610. The number of benzene rings is 4. The van der Waals surface area contributed by atoms with Crippen molar-refractivity contribution in [2.45, 2.75) is 24.0 Å². The molecule has 0 fully saturated rings. The van der Waals surface area contributed by atoms with Crippen molar-refractivity contribution in [1.29, 1.82) is 0 Å². The molecule has 0 saturated heterocycles. The van der Waals surface area contributed by atoms with Gasteiger partial charge in [0.2, 0.25) is 5.91 Å². The summed E-state index contributed by atoms with van der Waals surface area (Å²) in [7, 11) is 0. The molecule has 1 atom stereocenters. The zero-order valence-corrected chi connectivity index (χ0v) is 23.9. The predicted octanol–water partition coefficient (Wildman–Crippen LogP) is 7.32. The average molecular weight is 588 g/mol. The first-order valence-electron chi connectivity index (χ1n) is 12.7. The fourth-order valence-corrected chi connectivity index (χ4v) is 4.87. The highest BCUT2D eigenvalue weighted by Gasteiger charge is 2.18. The number of hydrogen-bond donors (Lipinski definition) is 3. The van der Waals surface area contributed by atoms with Crippen molar-refractivity contribution < 1.29 is 18.8 Å². The van der Waals surface area contributed by atoms with Gasteiger partial charge in [-0.05, 0) is 79.6 Å². The summed E-state index contributed by atoms with van der Waals surface area (Å²) in [5.41, 5.74) is 3.11. The van der Waals surface area contributed by atoms with E-state index in [2.05, 4.69) is 16.0 Å². The number of anilines is 2. The van der Waals surface area contributed by atoms with Gasteiger partial charge in [-0.25, -0.2) is 4.39 Å². The topological polar surface area (TPSA) is 87.3 Å². The van der Waals surface area contributed by atoms with Gasteiger partial charge in [0.1, 0.15) is 11.5 Å². The SMILES string of the molecule is Cc1ccccc1/C=C(\NC(=O)c1ccccc1)C(=O)Nc1cccc(SC(C)C(=O)Nc2ccc(F)c(Cl)c2)c1. The minimum absolute atomic E-state index is 0.0805. The van der Waals surface area contributed by atoms with Crippen molar-refractivity contribution in [1.82, 2.24) is 5.32 Å². The van der Waals surface area contributed by atoms with Crippen LogP contribution in [0.5, 0.6) is 0 Å². The third-order valence-electron chi connectivity index (χ3n) is 5.98. The molecule has 0 radical (unpaired) electrons. The van der Waals surface area contributed by atoms with E-state index in [1.54, 1.807) is 55.5 Å². The molecule has 0 aliphatic heterocycles. The van der Waals surface area contributed by atoms with Crippen LogP contribution in [0.25, 0.3) is 6.08 Å². The van der Waals surface area contributed by atoms with Crippen LogP contribution in [0.4, 0.5) is 15.8 Å². The van der Waals surface area contributed by atoms with E-state index in [1.807, 2.05) is 43.3 Å². The summed E-state index contributed by atoms with van der Waals surface area (Å²) < 4.78 is 13.4. The van der Waals surface area contributed by atoms with Crippen molar-refractivity contribution in [3.8, 4) is 0 Å². The third kappa shape index (κ3) is 8.30. The van der Waals surface area contributed by atoms with E-state index >= 15 is 0 Å². The fourth-order valence-electron chi connectivity index (χ4n) is 3.77. The molecule has 4 aromatic carbocycles. The molecule has 0 bridgehead atoms. The molecule has 0 aromatic heterocycles. The number of hydrogen-bond acceptors (Lipinski definition) is 4. The summed E-state index contributed by atoms with van der Waals surface area (Å²) in [4.78, 5) is 39.7. The van der Waals surface area contributed by atoms with Gasteiger partial charge in [0.15, 0.2) is 0 Å². The minimum atomic E-state index is -0.567. The monoisotopic (exact) mass is 587 g/mol. The molecule has 208 valence electrons. The van der Waals surface area contributed by atoms with Crippen LogP contribution in [0.1, 0.15) is 28.4 Å². The number of carbonyl (C=O) groups is 3.